The summed E-state index contributed by atoms with van der Waals surface area (Å²) in [4.78, 5) is 18.3. The number of hydrogen-bond acceptors (Lipinski definition) is 4. The van der Waals surface area contributed by atoms with Gasteiger partial charge in [0.15, 0.2) is 0 Å². The first-order chi connectivity index (χ1) is 10.8. The van der Waals surface area contributed by atoms with Crippen LogP contribution < -0.4 is 5.32 Å². The molecule has 1 unspecified atom stereocenters. The molecule has 1 aromatic carbocycles. The zero-order chi connectivity index (χ0) is 17.0. The molecule has 0 aromatic heterocycles. The summed E-state index contributed by atoms with van der Waals surface area (Å²) in [6.07, 6.45) is -0.308. The molecule has 1 aliphatic rings. The predicted molar refractivity (Wildman–Crippen MR) is 93.1 cm³/mol. The molecule has 1 heterocycles. The van der Waals surface area contributed by atoms with Gasteiger partial charge in [-0.3, -0.25) is 9.89 Å². The Hall–Kier alpha value is -1.75. The summed E-state index contributed by atoms with van der Waals surface area (Å²) >= 11 is 6.22. The highest BCUT2D eigenvalue weighted by atomic mass is 35.5. The summed E-state index contributed by atoms with van der Waals surface area (Å²) in [5, 5.41) is 4.06. The van der Waals surface area contributed by atoms with E-state index in [1.54, 1.807) is 4.90 Å². The molecule has 1 N–H and O–H groups in total. The lowest BCUT2D eigenvalue weighted by Gasteiger charge is -2.31. The highest BCUT2D eigenvalue weighted by Gasteiger charge is 2.25. The van der Waals surface area contributed by atoms with Crippen molar-refractivity contribution in [1.82, 2.24) is 10.2 Å². The summed E-state index contributed by atoms with van der Waals surface area (Å²) in [5.41, 5.74) is 0.510. The van der Waals surface area contributed by atoms with Crippen LogP contribution in [0.2, 0.25) is 5.02 Å². The average molecular weight is 338 g/mol. The third-order valence-electron chi connectivity index (χ3n) is 3.42. The number of nitrogens with zero attached hydrogens (tertiary/aromatic N) is 2. The van der Waals surface area contributed by atoms with Gasteiger partial charge in [-0.25, -0.2) is 4.79 Å². The second-order valence-electron chi connectivity index (χ2n) is 6.62. The van der Waals surface area contributed by atoms with Crippen molar-refractivity contribution in [2.45, 2.75) is 39.3 Å². The number of aliphatic imine (C=N–C) groups is 1. The first kappa shape index (κ1) is 17.6. The SMILES string of the molecule is CC(NC1=NCCN(C(=O)OC(C)(C)C)C1)c1ccccc1Cl. The van der Waals surface area contributed by atoms with Crippen LogP contribution in [0.4, 0.5) is 4.79 Å². The molecule has 1 aliphatic heterocycles. The molecule has 0 fully saturated rings. The molecule has 23 heavy (non-hydrogen) atoms. The molecule has 0 saturated heterocycles. The number of ether oxygens (including phenoxy) is 1. The van der Waals surface area contributed by atoms with Crippen molar-refractivity contribution in [2.24, 2.45) is 4.99 Å². The van der Waals surface area contributed by atoms with Crippen molar-refractivity contribution >= 4 is 23.5 Å². The first-order valence-electron chi connectivity index (χ1n) is 7.78. The van der Waals surface area contributed by atoms with Crippen LogP contribution in [-0.4, -0.2) is 42.1 Å². The lowest BCUT2D eigenvalue weighted by atomic mass is 10.1. The maximum Gasteiger partial charge on any atom is 0.410 e. The van der Waals surface area contributed by atoms with Crippen molar-refractivity contribution in [2.75, 3.05) is 19.6 Å². The van der Waals surface area contributed by atoms with Crippen LogP contribution in [0.25, 0.3) is 0 Å². The van der Waals surface area contributed by atoms with E-state index >= 15 is 0 Å². The molecular formula is C17H24ClN3O2. The predicted octanol–water partition coefficient (Wildman–Crippen LogP) is 3.64. The van der Waals surface area contributed by atoms with Gasteiger partial charge < -0.3 is 10.1 Å². The average Bonchev–Trinajstić information content (AvgIpc) is 2.46. The van der Waals surface area contributed by atoms with E-state index in [0.717, 1.165) is 11.4 Å². The maximum atomic E-state index is 12.2. The Morgan fingerprint density at radius 1 is 1.39 bits per heavy atom. The quantitative estimate of drug-likeness (QED) is 0.896. The number of nitrogens with one attached hydrogen (secondary N) is 1. The third kappa shape index (κ3) is 5.13. The molecule has 6 heteroatoms. The Balaban J connectivity index is 1.98. The van der Waals surface area contributed by atoms with Crippen molar-refractivity contribution in [3.8, 4) is 0 Å². The summed E-state index contributed by atoms with van der Waals surface area (Å²) < 4.78 is 5.42. The van der Waals surface area contributed by atoms with E-state index in [1.165, 1.54) is 0 Å². The molecule has 0 bridgehead atoms. The molecule has 0 radical (unpaired) electrons. The molecule has 1 atom stereocenters. The molecule has 126 valence electrons. The van der Waals surface area contributed by atoms with E-state index in [9.17, 15) is 4.79 Å². The molecule has 1 amide bonds. The summed E-state index contributed by atoms with van der Waals surface area (Å²) in [6.45, 7) is 9.17. The smallest absolute Gasteiger partial charge is 0.410 e. The van der Waals surface area contributed by atoms with Crippen LogP contribution >= 0.6 is 11.6 Å². The molecule has 1 aromatic rings. The van der Waals surface area contributed by atoms with Gasteiger partial charge in [0.05, 0.1) is 19.1 Å². The number of amidine groups is 1. The summed E-state index contributed by atoms with van der Waals surface area (Å²) in [5.74, 6) is 0.773. The summed E-state index contributed by atoms with van der Waals surface area (Å²) in [7, 11) is 0. The van der Waals surface area contributed by atoms with E-state index in [-0.39, 0.29) is 12.1 Å². The Morgan fingerprint density at radius 3 is 2.74 bits per heavy atom. The van der Waals surface area contributed by atoms with Crippen molar-refractivity contribution in [3.63, 3.8) is 0 Å². The van der Waals surface area contributed by atoms with E-state index in [1.807, 2.05) is 52.0 Å². The Labute approximate surface area is 142 Å². The number of carbonyl (C=O) groups is 1. The van der Waals surface area contributed by atoms with Gasteiger partial charge in [0.1, 0.15) is 11.4 Å². The standard InChI is InChI=1S/C17H24ClN3O2/c1-12(13-7-5-6-8-14(13)18)20-15-11-21(10-9-19-15)16(22)23-17(2,3)4/h5-8,12H,9-11H2,1-4H3,(H,19,20). The van der Waals surface area contributed by atoms with E-state index in [2.05, 4.69) is 10.3 Å². The fraction of sp³-hybridized carbons (Fsp3) is 0.529. The van der Waals surface area contributed by atoms with Gasteiger partial charge >= 0.3 is 6.09 Å². The second-order valence-corrected chi connectivity index (χ2v) is 7.03. The minimum absolute atomic E-state index is 0.0148. The van der Waals surface area contributed by atoms with Gasteiger partial charge in [-0.1, -0.05) is 29.8 Å². The Kier molecular flexibility index (Phi) is 5.52. The second kappa shape index (κ2) is 7.21. The number of carbonyl (C=O) groups excluding carboxylic acids is 1. The Morgan fingerprint density at radius 2 is 2.09 bits per heavy atom. The van der Waals surface area contributed by atoms with Crippen LogP contribution in [0.5, 0.6) is 0 Å². The molecule has 5 nitrogen and oxygen atoms in total. The van der Waals surface area contributed by atoms with Crippen LogP contribution in [0.1, 0.15) is 39.3 Å². The number of hydrogen-bond donors (Lipinski definition) is 1. The van der Waals surface area contributed by atoms with Gasteiger partial charge in [0.25, 0.3) is 0 Å². The molecule has 0 spiro atoms. The Bertz CT molecular complexity index is 596. The summed E-state index contributed by atoms with van der Waals surface area (Å²) in [6, 6.07) is 7.72. The number of benzene rings is 1. The van der Waals surface area contributed by atoms with Crippen LogP contribution in [0.15, 0.2) is 29.3 Å². The van der Waals surface area contributed by atoms with Crippen LogP contribution in [0, 0.1) is 0 Å². The largest absolute Gasteiger partial charge is 0.444 e. The number of rotatable bonds is 2. The fourth-order valence-electron chi connectivity index (χ4n) is 2.34. The van der Waals surface area contributed by atoms with Crippen molar-refractivity contribution in [1.29, 1.82) is 0 Å². The molecule has 2 rings (SSSR count). The minimum Gasteiger partial charge on any atom is -0.444 e. The lowest BCUT2D eigenvalue weighted by molar-refractivity contribution is 0.0276. The van der Waals surface area contributed by atoms with Gasteiger partial charge in [0, 0.05) is 11.6 Å². The van der Waals surface area contributed by atoms with Gasteiger partial charge in [-0.05, 0) is 39.3 Å². The highest BCUT2D eigenvalue weighted by Crippen LogP contribution is 2.22. The van der Waals surface area contributed by atoms with E-state index < -0.39 is 5.60 Å². The fourth-order valence-corrected chi connectivity index (χ4v) is 2.64. The van der Waals surface area contributed by atoms with Crippen LogP contribution in [0.3, 0.4) is 0 Å². The van der Waals surface area contributed by atoms with Gasteiger partial charge in [0.2, 0.25) is 0 Å². The third-order valence-corrected chi connectivity index (χ3v) is 3.76. The van der Waals surface area contributed by atoms with Crippen LogP contribution in [-0.2, 0) is 4.74 Å². The van der Waals surface area contributed by atoms with Gasteiger partial charge in [-0.2, -0.15) is 0 Å². The van der Waals surface area contributed by atoms with Crippen molar-refractivity contribution in [3.05, 3.63) is 34.9 Å². The topological polar surface area (TPSA) is 53.9 Å². The van der Waals surface area contributed by atoms with E-state index in [0.29, 0.717) is 24.7 Å². The van der Waals surface area contributed by atoms with Gasteiger partial charge in [-0.15, -0.1) is 0 Å². The first-order valence-corrected chi connectivity index (χ1v) is 8.16. The minimum atomic E-state index is -0.496. The normalized spacial score (nSPS) is 16.6. The number of amides is 1. The molecule has 0 saturated carbocycles. The van der Waals surface area contributed by atoms with E-state index in [4.69, 9.17) is 16.3 Å². The molecule has 0 aliphatic carbocycles. The monoisotopic (exact) mass is 337 g/mol. The number of halogens is 1. The van der Waals surface area contributed by atoms with Crippen molar-refractivity contribution < 1.29 is 9.53 Å². The zero-order valence-corrected chi connectivity index (χ0v) is 14.9. The zero-order valence-electron chi connectivity index (χ0n) is 14.1. The highest BCUT2D eigenvalue weighted by molar-refractivity contribution is 6.31. The lowest BCUT2D eigenvalue weighted by Crippen LogP contribution is -2.47. The molecular weight excluding hydrogens is 314 g/mol. The maximum absolute atomic E-state index is 12.2.